The Balaban J connectivity index is 2.24. The van der Waals surface area contributed by atoms with Crippen molar-refractivity contribution in [2.24, 2.45) is 5.92 Å². The summed E-state index contributed by atoms with van der Waals surface area (Å²) in [6.07, 6.45) is 5.33. The van der Waals surface area contributed by atoms with E-state index in [1.54, 1.807) is 0 Å². The molecule has 0 saturated carbocycles. The summed E-state index contributed by atoms with van der Waals surface area (Å²) in [7, 11) is 0. The van der Waals surface area contributed by atoms with Gasteiger partial charge in [0.1, 0.15) is 0 Å². The second-order valence-corrected chi connectivity index (χ2v) is 4.12. The molecule has 2 nitrogen and oxygen atoms in total. The van der Waals surface area contributed by atoms with E-state index in [0.29, 0.717) is 5.92 Å². The maximum atomic E-state index is 5.47. The van der Waals surface area contributed by atoms with Crippen molar-refractivity contribution in [3.05, 3.63) is 29.8 Å². The molecule has 0 saturated heterocycles. The van der Waals surface area contributed by atoms with Gasteiger partial charge in [0.25, 0.3) is 0 Å². The first-order valence-corrected chi connectivity index (χ1v) is 5.60. The highest BCUT2D eigenvalue weighted by molar-refractivity contribution is 5.49. The van der Waals surface area contributed by atoms with E-state index < -0.39 is 0 Å². The summed E-state index contributed by atoms with van der Waals surface area (Å²) in [5.74, 6) is 3.20. The highest BCUT2D eigenvalue weighted by Gasteiger charge is 1.95. The van der Waals surface area contributed by atoms with Gasteiger partial charge in [0.05, 0.1) is 6.61 Å². The van der Waals surface area contributed by atoms with Crippen LogP contribution < -0.4 is 5.32 Å². The number of benzene rings is 1. The molecule has 0 amide bonds. The molecule has 0 aliphatic heterocycles. The molecular weight excluding hydrogens is 198 g/mol. The number of nitrogens with one attached hydrogen (secondary N) is 1. The summed E-state index contributed by atoms with van der Waals surface area (Å²) < 4.78 is 5.47. The third kappa shape index (κ3) is 4.86. The number of hydrogen-bond donors (Lipinski definition) is 1. The minimum atomic E-state index is 0.588. The van der Waals surface area contributed by atoms with Crippen LogP contribution in [0.25, 0.3) is 0 Å². The fourth-order valence-electron chi connectivity index (χ4n) is 1.31. The highest BCUT2D eigenvalue weighted by atomic mass is 16.5. The second kappa shape index (κ2) is 6.92. The Kier molecular flexibility index (Phi) is 5.45. The van der Waals surface area contributed by atoms with Gasteiger partial charge in [-0.1, -0.05) is 25.8 Å². The van der Waals surface area contributed by atoms with Gasteiger partial charge in [-0.15, -0.1) is 6.42 Å². The lowest BCUT2D eigenvalue weighted by molar-refractivity contribution is 0.118. The summed E-state index contributed by atoms with van der Waals surface area (Å²) in [5.41, 5.74) is 1.94. The predicted molar refractivity (Wildman–Crippen MR) is 68.5 cm³/mol. The van der Waals surface area contributed by atoms with Crippen LogP contribution in [0.5, 0.6) is 0 Å². The largest absolute Gasteiger partial charge is 0.383 e. The van der Waals surface area contributed by atoms with Gasteiger partial charge < -0.3 is 10.1 Å². The second-order valence-electron chi connectivity index (χ2n) is 4.12. The smallest absolute Gasteiger partial charge is 0.0639 e. The first-order chi connectivity index (χ1) is 7.72. The molecule has 0 aliphatic carbocycles. The molecule has 0 heterocycles. The van der Waals surface area contributed by atoms with E-state index in [1.807, 2.05) is 24.3 Å². The molecule has 86 valence electrons. The van der Waals surface area contributed by atoms with Gasteiger partial charge in [-0.3, -0.25) is 0 Å². The standard InChI is InChI=1S/C14H19NO/c1-4-13-6-5-7-14(10-13)15-8-9-16-11-12(2)3/h1,5-7,10,12,15H,8-9,11H2,2-3H3. The maximum absolute atomic E-state index is 5.47. The molecule has 0 atom stereocenters. The van der Waals surface area contributed by atoms with E-state index in [9.17, 15) is 0 Å². The van der Waals surface area contributed by atoms with Crippen molar-refractivity contribution in [3.8, 4) is 12.3 Å². The number of ether oxygens (including phenoxy) is 1. The zero-order chi connectivity index (χ0) is 11.8. The fraction of sp³-hybridized carbons (Fsp3) is 0.429. The van der Waals surface area contributed by atoms with Gasteiger partial charge in [0, 0.05) is 24.4 Å². The van der Waals surface area contributed by atoms with Gasteiger partial charge in [0.15, 0.2) is 0 Å². The zero-order valence-electron chi connectivity index (χ0n) is 9.99. The molecule has 16 heavy (non-hydrogen) atoms. The van der Waals surface area contributed by atoms with Crippen LogP contribution in [-0.2, 0) is 4.74 Å². The third-order valence-corrected chi connectivity index (χ3v) is 2.06. The molecule has 0 spiro atoms. The van der Waals surface area contributed by atoms with E-state index in [2.05, 4.69) is 25.1 Å². The Labute approximate surface area is 98.0 Å². The van der Waals surface area contributed by atoms with Crippen LogP contribution in [0.1, 0.15) is 19.4 Å². The van der Waals surface area contributed by atoms with Gasteiger partial charge in [-0.05, 0) is 24.1 Å². The van der Waals surface area contributed by atoms with Gasteiger partial charge in [-0.2, -0.15) is 0 Å². The van der Waals surface area contributed by atoms with Crippen molar-refractivity contribution in [3.63, 3.8) is 0 Å². The lowest BCUT2D eigenvalue weighted by Gasteiger charge is -2.09. The maximum Gasteiger partial charge on any atom is 0.0639 e. The van der Waals surface area contributed by atoms with Gasteiger partial charge in [-0.25, -0.2) is 0 Å². The van der Waals surface area contributed by atoms with Crippen molar-refractivity contribution in [2.75, 3.05) is 25.1 Å². The Hall–Kier alpha value is -1.46. The van der Waals surface area contributed by atoms with Gasteiger partial charge in [0.2, 0.25) is 0 Å². The number of terminal acetylenes is 1. The number of hydrogen-bond acceptors (Lipinski definition) is 2. The first-order valence-electron chi connectivity index (χ1n) is 5.60. The molecule has 0 unspecified atom stereocenters. The summed E-state index contributed by atoms with van der Waals surface area (Å²) in [4.78, 5) is 0. The minimum absolute atomic E-state index is 0.588. The number of rotatable bonds is 6. The molecule has 0 bridgehead atoms. The van der Waals surface area contributed by atoms with E-state index in [0.717, 1.165) is 31.0 Å². The van der Waals surface area contributed by atoms with Crippen molar-refractivity contribution < 1.29 is 4.74 Å². The molecular formula is C14H19NO. The normalized spacial score (nSPS) is 10.1. The first kappa shape index (κ1) is 12.6. The zero-order valence-corrected chi connectivity index (χ0v) is 9.99. The van der Waals surface area contributed by atoms with Crippen LogP contribution in [0.15, 0.2) is 24.3 Å². The van der Waals surface area contributed by atoms with E-state index in [-0.39, 0.29) is 0 Å². The average molecular weight is 217 g/mol. The molecule has 1 rings (SSSR count). The summed E-state index contributed by atoms with van der Waals surface area (Å²) in [5, 5.41) is 3.27. The van der Waals surface area contributed by atoms with Crippen LogP contribution >= 0.6 is 0 Å². The molecule has 1 aromatic carbocycles. The molecule has 2 heteroatoms. The SMILES string of the molecule is C#Cc1cccc(NCCOCC(C)C)c1. The average Bonchev–Trinajstić information content (AvgIpc) is 2.28. The van der Waals surface area contributed by atoms with Crippen LogP contribution in [0.3, 0.4) is 0 Å². The lowest BCUT2D eigenvalue weighted by Crippen LogP contribution is -2.12. The lowest BCUT2D eigenvalue weighted by atomic mass is 10.2. The Morgan fingerprint density at radius 3 is 2.94 bits per heavy atom. The van der Waals surface area contributed by atoms with Crippen LogP contribution in [0.2, 0.25) is 0 Å². The summed E-state index contributed by atoms with van der Waals surface area (Å²) in [6, 6.07) is 7.83. The predicted octanol–water partition coefficient (Wildman–Crippen LogP) is 2.75. The van der Waals surface area contributed by atoms with E-state index in [1.165, 1.54) is 0 Å². The molecule has 0 radical (unpaired) electrons. The monoisotopic (exact) mass is 217 g/mol. The van der Waals surface area contributed by atoms with Gasteiger partial charge >= 0.3 is 0 Å². The minimum Gasteiger partial charge on any atom is -0.383 e. The highest BCUT2D eigenvalue weighted by Crippen LogP contribution is 2.08. The quantitative estimate of drug-likeness (QED) is 0.584. The molecule has 1 aromatic rings. The van der Waals surface area contributed by atoms with E-state index in [4.69, 9.17) is 11.2 Å². The van der Waals surface area contributed by atoms with Crippen molar-refractivity contribution in [1.29, 1.82) is 0 Å². The Morgan fingerprint density at radius 1 is 1.44 bits per heavy atom. The Morgan fingerprint density at radius 2 is 2.25 bits per heavy atom. The van der Waals surface area contributed by atoms with Crippen LogP contribution in [0, 0.1) is 18.3 Å². The van der Waals surface area contributed by atoms with Crippen LogP contribution in [0.4, 0.5) is 5.69 Å². The topological polar surface area (TPSA) is 21.3 Å². The van der Waals surface area contributed by atoms with Crippen molar-refractivity contribution >= 4 is 5.69 Å². The summed E-state index contributed by atoms with van der Waals surface area (Å²) in [6.45, 7) is 6.62. The molecule has 0 aliphatic rings. The van der Waals surface area contributed by atoms with Crippen molar-refractivity contribution in [1.82, 2.24) is 0 Å². The van der Waals surface area contributed by atoms with Crippen molar-refractivity contribution in [2.45, 2.75) is 13.8 Å². The van der Waals surface area contributed by atoms with Crippen LogP contribution in [-0.4, -0.2) is 19.8 Å². The van der Waals surface area contributed by atoms with E-state index >= 15 is 0 Å². The number of anilines is 1. The Bertz CT molecular complexity index is 352. The third-order valence-electron chi connectivity index (χ3n) is 2.06. The molecule has 1 N–H and O–H groups in total. The molecule has 0 fully saturated rings. The summed E-state index contributed by atoms with van der Waals surface area (Å²) >= 11 is 0. The fourth-order valence-corrected chi connectivity index (χ4v) is 1.31. The molecule has 0 aromatic heterocycles.